The molecule has 0 fully saturated rings. The number of carboxylic acids is 1. The number of carboxylic acid groups (broad SMARTS) is 1. The molecule has 7 heteroatoms. The molecule has 3 heterocycles. The average molecular weight is 396 g/mol. The Bertz CT molecular complexity index is 1220. The molecule has 0 aliphatic rings. The topological polar surface area (TPSA) is 85.1 Å². The van der Waals surface area contributed by atoms with Gasteiger partial charge in [0.25, 0.3) is 5.56 Å². The Balaban J connectivity index is 2.13. The van der Waals surface area contributed by atoms with Gasteiger partial charge in [-0.2, -0.15) is 0 Å². The highest BCUT2D eigenvalue weighted by atomic mass is 79.9. The van der Waals surface area contributed by atoms with Crippen LogP contribution >= 0.6 is 15.9 Å². The number of hydrogen-bond acceptors (Lipinski definition) is 4. The number of pyridine rings is 3. The zero-order valence-corrected chi connectivity index (χ0v) is 14.3. The number of fused-ring (bicyclic) bond motifs is 2. The van der Waals surface area contributed by atoms with Crippen LogP contribution < -0.4 is 5.56 Å². The number of benzene rings is 1. The van der Waals surface area contributed by atoms with Crippen LogP contribution in [0.3, 0.4) is 0 Å². The minimum Gasteiger partial charge on any atom is -0.477 e. The molecular formula is C18H10BrN3O3. The molecule has 25 heavy (non-hydrogen) atoms. The summed E-state index contributed by atoms with van der Waals surface area (Å²) in [7, 11) is 0. The second-order valence-electron chi connectivity index (χ2n) is 5.46. The third-order valence-corrected chi connectivity index (χ3v) is 4.37. The van der Waals surface area contributed by atoms with Crippen LogP contribution in [-0.2, 0) is 0 Å². The monoisotopic (exact) mass is 395 g/mol. The van der Waals surface area contributed by atoms with Gasteiger partial charge in [-0.15, -0.1) is 0 Å². The van der Waals surface area contributed by atoms with E-state index >= 15 is 0 Å². The summed E-state index contributed by atoms with van der Waals surface area (Å²) in [5.41, 5.74) is -0.0199. The number of hydrogen-bond donors (Lipinski definition) is 1. The predicted octanol–water partition coefficient (Wildman–Crippen LogP) is 3.39. The van der Waals surface area contributed by atoms with Crippen molar-refractivity contribution in [2.75, 3.05) is 0 Å². The Labute approximate surface area is 149 Å². The molecule has 0 amide bonds. The molecule has 3 aromatic heterocycles. The molecule has 0 atom stereocenters. The van der Waals surface area contributed by atoms with E-state index in [1.807, 2.05) is 12.1 Å². The van der Waals surface area contributed by atoms with Gasteiger partial charge in [0.2, 0.25) is 0 Å². The molecule has 0 radical (unpaired) electrons. The lowest BCUT2D eigenvalue weighted by molar-refractivity contribution is 0.0695. The van der Waals surface area contributed by atoms with Crippen molar-refractivity contribution in [1.29, 1.82) is 0 Å². The molecule has 6 nitrogen and oxygen atoms in total. The Morgan fingerprint density at radius 3 is 2.64 bits per heavy atom. The number of aromatic nitrogens is 3. The minimum absolute atomic E-state index is 0.303. The lowest BCUT2D eigenvalue weighted by atomic mass is 10.1. The van der Waals surface area contributed by atoms with Crippen molar-refractivity contribution in [3.63, 3.8) is 0 Å². The molecule has 4 rings (SSSR count). The molecule has 1 aromatic carbocycles. The first kappa shape index (κ1) is 15.5. The van der Waals surface area contributed by atoms with Crippen LogP contribution in [0.15, 0.2) is 64.3 Å². The van der Waals surface area contributed by atoms with Crippen LogP contribution in [-0.4, -0.2) is 25.6 Å². The number of aromatic carboxylic acids is 1. The fourth-order valence-electron chi connectivity index (χ4n) is 2.77. The van der Waals surface area contributed by atoms with Crippen molar-refractivity contribution >= 4 is 43.7 Å². The van der Waals surface area contributed by atoms with Gasteiger partial charge < -0.3 is 5.11 Å². The molecule has 122 valence electrons. The van der Waals surface area contributed by atoms with Crippen molar-refractivity contribution in [1.82, 2.24) is 14.5 Å². The smallest absolute Gasteiger partial charge is 0.341 e. The van der Waals surface area contributed by atoms with Crippen LogP contribution in [0.1, 0.15) is 10.4 Å². The summed E-state index contributed by atoms with van der Waals surface area (Å²) in [5.74, 6) is -1.27. The van der Waals surface area contributed by atoms with Gasteiger partial charge in [-0.25, -0.2) is 9.78 Å². The van der Waals surface area contributed by atoms with E-state index in [1.165, 1.54) is 10.6 Å². The van der Waals surface area contributed by atoms with Crippen molar-refractivity contribution < 1.29 is 9.90 Å². The van der Waals surface area contributed by atoms with E-state index in [-0.39, 0.29) is 5.56 Å². The van der Waals surface area contributed by atoms with E-state index < -0.39 is 11.5 Å². The maximum Gasteiger partial charge on any atom is 0.341 e. The molecule has 0 spiro atoms. The van der Waals surface area contributed by atoms with Crippen molar-refractivity contribution in [3.05, 3.63) is 75.4 Å². The fourth-order valence-corrected chi connectivity index (χ4v) is 3.07. The Kier molecular flexibility index (Phi) is 3.58. The van der Waals surface area contributed by atoms with E-state index in [0.29, 0.717) is 21.3 Å². The Hall–Kier alpha value is -3.06. The van der Waals surface area contributed by atoms with Crippen molar-refractivity contribution in [3.8, 4) is 5.69 Å². The molecule has 0 unspecified atom stereocenters. The summed E-state index contributed by atoms with van der Waals surface area (Å²) in [6.07, 6.45) is 3.38. The largest absolute Gasteiger partial charge is 0.477 e. The van der Waals surface area contributed by atoms with Gasteiger partial charge in [0.1, 0.15) is 15.8 Å². The van der Waals surface area contributed by atoms with Gasteiger partial charge in [-0.05, 0) is 57.7 Å². The highest BCUT2D eigenvalue weighted by Crippen LogP contribution is 2.22. The van der Waals surface area contributed by atoms with Gasteiger partial charge in [0.15, 0.2) is 0 Å². The number of rotatable bonds is 2. The van der Waals surface area contributed by atoms with Gasteiger partial charge in [-0.3, -0.25) is 14.3 Å². The van der Waals surface area contributed by atoms with Gasteiger partial charge in [0, 0.05) is 23.2 Å². The number of nitrogens with zero attached hydrogens (tertiary/aromatic N) is 3. The SMILES string of the molecule is O=C(O)c1cc2ccc(Br)nc2n(-c2ccc3ccncc3c2)c1=O. The molecule has 0 aliphatic heterocycles. The van der Waals surface area contributed by atoms with Crippen molar-refractivity contribution in [2.45, 2.75) is 0 Å². The summed E-state index contributed by atoms with van der Waals surface area (Å²) < 4.78 is 1.87. The molecule has 4 aromatic rings. The Morgan fingerprint density at radius 1 is 1.04 bits per heavy atom. The van der Waals surface area contributed by atoms with Crippen LogP contribution in [0.4, 0.5) is 0 Å². The predicted molar refractivity (Wildman–Crippen MR) is 97.3 cm³/mol. The van der Waals surface area contributed by atoms with Crippen LogP contribution in [0.25, 0.3) is 27.5 Å². The van der Waals surface area contributed by atoms with Crippen LogP contribution in [0, 0.1) is 0 Å². The van der Waals surface area contributed by atoms with Gasteiger partial charge >= 0.3 is 5.97 Å². The molecule has 1 N–H and O–H groups in total. The maximum absolute atomic E-state index is 12.8. The van der Waals surface area contributed by atoms with Crippen molar-refractivity contribution in [2.24, 2.45) is 0 Å². The zero-order valence-electron chi connectivity index (χ0n) is 12.7. The third kappa shape index (κ3) is 2.58. The average Bonchev–Trinajstić information content (AvgIpc) is 2.60. The normalized spacial score (nSPS) is 11.1. The third-order valence-electron chi connectivity index (χ3n) is 3.93. The van der Waals surface area contributed by atoms with E-state index in [9.17, 15) is 14.7 Å². The highest BCUT2D eigenvalue weighted by molar-refractivity contribution is 9.10. The summed E-state index contributed by atoms with van der Waals surface area (Å²) >= 11 is 3.30. The minimum atomic E-state index is -1.27. The lowest BCUT2D eigenvalue weighted by Crippen LogP contribution is -2.26. The van der Waals surface area contributed by atoms with E-state index in [0.717, 1.165) is 10.8 Å². The first-order valence-electron chi connectivity index (χ1n) is 7.34. The molecule has 0 aliphatic carbocycles. The summed E-state index contributed by atoms with van der Waals surface area (Å²) in [6.45, 7) is 0. The van der Waals surface area contributed by atoms with Gasteiger partial charge in [-0.1, -0.05) is 6.07 Å². The zero-order chi connectivity index (χ0) is 17.6. The van der Waals surface area contributed by atoms with Gasteiger partial charge in [0.05, 0.1) is 5.69 Å². The maximum atomic E-state index is 12.8. The summed E-state index contributed by atoms with van der Waals surface area (Å²) in [4.78, 5) is 32.7. The second-order valence-corrected chi connectivity index (χ2v) is 6.27. The van der Waals surface area contributed by atoms with Crippen LogP contribution in [0.5, 0.6) is 0 Å². The van der Waals surface area contributed by atoms with E-state index in [1.54, 1.807) is 36.7 Å². The quantitative estimate of drug-likeness (QED) is 0.525. The summed E-state index contributed by atoms with van der Waals surface area (Å²) in [6, 6.07) is 12.0. The lowest BCUT2D eigenvalue weighted by Gasteiger charge is -2.12. The highest BCUT2D eigenvalue weighted by Gasteiger charge is 2.17. The number of halogens is 1. The first-order valence-corrected chi connectivity index (χ1v) is 8.14. The second kappa shape index (κ2) is 5.78. The molecule has 0 saturated carbocycles. The summed E-state index contributed by atoms with van der Waals surface area (Å²) in [5, 5.41) is 11.7. The van der Waals surface area contributed by atoms with E-state index in [4.69, 9.17) is 0 Å². The fraction of sp³-hybridized carbons (Fsp3) is 0. The standard InChI is InChI=1S/C18H10BrN3O3/c19-15-4-2-11-8-14(18(24)25)17(23)22(16(11)21-15)13-3-1-10-5-6-20-9-12(10)7-13/h1-9H,(H,24,25). The van der Waals surface area contributed by atoms with E-state index in [2.05, 4.69) is 25.9 Å². The molecule has 0 bridgehead atoms. The first-order chi connectivity index (χ1) is 12.0. The Morgan fingerprint density at radius 2 is 1.84 bits per heavy atom. The van der Waals surface area contributed by atoms with Crippen LogP contribution in [0.2, 0.25) is 0 Å². The molecule has 0 saturated heterocycles. The number of carbonyl (C=O) groups is 1. The molecular weight excluding hydrogens is 386 g/mol.